The zero-order chi connectivity index (χ0) is 15.4. The molecule has 2 aromatic rings. The summed E-state index contributed by atoms with van der Waals surface area (Å²) in [6, 6.07) is 4.29. The van der Waals surface area contributed by atoms with Crippen LogP contribution in [0.25, 0.3) is 0 Å². The lowest BCUT2D eigenvalue weighted by molar-refractivity contribution is 0.400. The highest BCUT2D eigenvalue weighted by atomic mass is 79.9. The first-order chi connectivity index (χ1) is 10.1. The monoisotopic (exact) mass is 353 g/mol. The second-order valence-electron chi connectivity index (χ2n) is 5.08. The van der Waals surface area contributed by atoms with Crippen LogP contribution >= 0.6 is 15.9 Å². The fourth-order valence-electron chi connectivity index (χ4n) is 2.52. The van der Waals surface area contributed by atoms with E-state index in [9.17, 15) is 0 Å². The van der Waals surface area contributed by atoms with Gasteiger partial charge in [-0.2, -0.15) is 5.10 Å². The van der Waals surface area contributed by atoms with E-state index in [1.165, 1.54) is 5.69 Å². The minimum Gasteiger partial charge on any atom is -0.464 e. The molecule has 1 unspecified atom stereocenters. The van der Waals surface area contributed by atoms with E-state index in [1.54, 1.807) is 0 Å². The van der Waals surface area contributed by atoms with Gasteiger partial charge in [0.15, 0.2) is 0 Å². The quantitative estimate of drug-likeness (QED) is 0.820. The van der Waals surface area contributed by atoms with Crippen molar-refractivity contribution in [3.8, 4) is 0 Å². The standard InChI is InChI=1S/C16H24BrN3O/c1-5-11-8-9-15(21-11)13(18-4)10-14-16(17)12(6-2)19-20(14)7-3/h8-9,13,18H,5-7,10H2,1-4H3. The lowest BCUT2D eigenvalue weighted by Gasteiger charge is -2.15. The van der Waals surface area contributed by atoms with E-state index in [-0.39, 0.29) is 6.04 Å². The summed E-state index contributed by atoms with van der Waals surface area (Å²) < 4.78 is 9.11. The van der Waals surface area contributed by atoms with E-state index in [2.05, 4.69) is 63.9 Å². The van der Waals surface area contributed by atoms with Gasteiger partial charge in [0.2, 0.25) is 0 Å². The van der Waals surface area contributed by atoms with Crippen LogP contribution in [0.1, 0.15) is 49.7 Å². The maximum Gasteiger partial charge on any atom is 0.121 e. The van der Waals surface area contributed by atoms with Gasteiger partial charge in [0.05, 0.1) is 21.9 Å². The minimum absolute atomic E-state index is 0.160. The number of rotatable bonds is 7. The molecule has 21 heavy (non-hydrogen) atoms. The number of aryl methyl sites for hydroxylation is 3. The summed E-state index contributed by atoms with van der Waals surface area (Å²) in [5.74, 6) is 2.02. The normalized spacial score (nSPS) is 12.8. The predicted octanol–water partition coefficient (Wildman–Crippen LogP) is 3.89. The topological polar surface area (TPSA) is 43.0 Å². The van der Waals surface area contributed by atoms with Crippen molar-refractivity contribution in [3.05, 3.63) is 39.5 Å². The highest BCUT2D eigenvalue weighted by molar-refractivity contribution is 9.10. The molecule has 0 bridgehead atoms. The van der Waals surface area contributed by atoms with Gasteiger partial charge in [-0.05, 0) is 48.5 Å². The molecule has 0 amide bonds. The van der Waals surface area contributed by atoms with Crippen LogP contribution < -0.4 is 5.32 Å². The molecule has 4 nitrogen and oxygen atoms in total. The Kier molecular flexibility index (Phi) is 5.65. The molecule has 1 N–H and O–H groups in total. The maximum absolute atomic E-state index is 5.90. The Bertz CT molecular complexity index is 588. The molecule has 5 heteroatoms. The molecule has 0 spiro atoms. The first kappa shape index (κ1) is 16.3. The summed E-state index contributed by atoms with van der Waals surface area (Å²) in [7, 11) is 1.97. The van der Waals surface area contributed by atoms with Gasteiger partial charge in [-0.15, -0.1) is 0 Å². The molecule has 0 aliphatic heterocycles. The van der Waals surface area contributed by atoms with Crippen LogP contribution in [0.15, 0.2) is 21.0 Å². The Balaban J connectivity index is 2.27. The van der Waals surface area contributed by atoms with Crippen LogP contribution in [0.5, 0.6) is 0 Å². The van der Waals surface area contributed by atoms with Gasteiger partial charge in [0.1, 0.15) is 11.5 Å². The van der Waals surface area contributed by atoms with E-state index in [4.69, 9.17) is 4.42 Å². The Labute approximate surface area is 135 Å². The first-order valence-electron chi connectivity index (χ1n) is 7.64. The van der Waals surface area contributed by atoms with E-state index < -0.39 is 0 Å². The summed E-state index contributed by atoms with van der Waals surface area (Å²) in [4.78, 5) is 0. The summed E-state index contributed by atoms with van der Waals surface area (Å²) in [6.45, 7) is 7.24. The van der Waals surface area contributed by atoms with Gasteiger partial charge in [-0.1, -0.05) is 13.8 Å². The van der Waals surface area contributed by atoms with Crippen molar-refractivity contribution in [2.45, 2.75) is 52.6 Å². The number of likely N-dealkylation sites (N-methyl/N-ethyl adjacent to an activating group) is 1. The fourth-order valence-corrected chi connectivity index (χ4v) is 3.25. The van der Waals surface area contributed by atoms with Crippen LogP contribution in [0.3, 0.4) is 0 Å². The molecule has 0 radical (unpaired) electrons. The molecule has 2 rings (SSSR count). The molecule has 1 atom stereocenters. The smallest absolute Gasteiger partial charge is 0.121 e. The molecule has 0 aliphatic carbocycles. The second kappa shape index (κ2) is 7.27. The third kappa shape index (κ3) is 3.40. The lowest BCUT2D eigenvalue weighted by atomic mass is 10.1. The number of aromatic nitrogens is 2. The molecule has 0 aliphatic rings. The average Bonchev–Trinajstić information content (AvgIpc) is 3.09. The highest BCUT2D eigenvalue weighted by Crippen LogP contribution is 2.28. The van der Waals surface area contributed by atoms with Gasteiger partial charge in [-0.25, -0.2) is 0 Å². The van der Waals surface area contributed by atoms with Crippen molar-refractivity contribution in [3.63, 3.8) is 0 Å². The Morgan fingerprint density at radius 2 is 2.05 bits per heavy atom. The molecule has 0 fully saturated rings. The average molecular weight is 354 g/mol. The van der Waals surface area contributed by atoms with Crippen LogP contribution in [0, 0.1) is 0 Å². The largest absolute Gasteiger partial charge is 0.464 e. The predicted molar refractivity (Wildman–Crippen MR) is 88.6 cm³/mol. The SMILES string of the molecule is CCc1ccc(C(Cc2c(Br)c(CC)nn2CC)NC)o1. The van der Waals surface area contributed by atoms with E-state index in [0.717, 1.165) is 47.5 Å². The number of nitrogens with one attached hydrogen (secondary N) is 1. The number of hydrogen-bond acceptors (Lipinski definition) is 3. The maximum atomic E-state index is 5.90. The van der Waals surface area contributed by atoms with E-state index in [0.29, 0.717) is 0 Å². The van der Waals surface area contributed by atoms with Crippen molar-refractivity contribution in [2.24, 2.45) is 0 Å². The van der Waals surface area contributed by atoms with Crippen LogP contribution in [0.4, 0.5) is 0 Å². The van der Waals surface area contributed by atoms with Crippen molar-refractivity contribution < 1.29 is 4.42 Å². The molecule has 0 saturated heterocycles. The van der Waals surface area contributed by atoms with Crippen molar-refractivity contribution in [1.29, 1.82) is 0 Å². The molecule has 0 aromatic carbocycles. The van der Waals surface area contributed by atoms with Crippen LogP contribution in [0.2, 0.25) is 0 Å². The molecular formula is C16H24BrN3O. The van der Waals surface area contributed by atoms with Gasteiger partial charge >= 0.3 is 0 Å². The summed E-state index contributed by atoms with van der Waals surface area (Å²) in [5, 5.41) is 8.01. The zero-order valence-electron chi connectivity index (χ0n) is 13.2. The van der Waals surface area contributed by atoms with E-state index in [1.807, 2.05) is 7.05 Å². The molecule has 0 saturated carbocycles. The summed E-state index contributed by atoms with van der Waals surface area (Å²) in [6.07, 6.45) is 2.72. The summed E-state index contributed by atoms with van der Waals surface area (Å²) in [5.41, 5.74) is 2.35. The van der Waals surface area contributed by atoms with Crippen molar-refractivity contribution in [1.82, 2.24) is 15.1 Å². The third-order valence-corrected chi connectivity index (χ3v) is 4.73. The Morgan fingerprint density at radius 3 is 2.57 bits per heavy atom. The van der Waals surface area contributed by atoms with Crippen molar-refractivity contribution in [2.75, 3.05) is 7.05 Å². The fraction of sp³-hybridized carbons (Fsp3) is 0.562. The van der Waals surface area contributed by atoms with Crippen molar-refractivity contribution >= 4 is 15.9 Å². The van der Waals surface area contributed by atoms with Gasteiger partial charge < -0.3 is 9.73 Å². The Morgan fingerprint density at radius 1 is 1.29 bits per heavy atom. The number of hydrogen-bond donors (Lipinski definition) is 1. The molecular weight excluding hydrogens is 330 g/mol. The van der Waals surface area contributed by atoms with Gasteiger partial charge in [0.25, 0.3) is 0 Å². The number of furan rings is 1. The first-order valence-corrected chi connectivity index (χ1v) is 8.43. The molecule has 2 heterocycles. The second-order valence-corrected chi connectivity index (χ2v) is 5.87. The third-order valence-electron chi connectivity index (χ3n) is 3.81. The number of nitrogens with zero attached hydrogens (tertiary/aromatic N) is 2. The van der Waals surface area contributed by atoms with E-state index >= 15 is 0 Å². The van der Waals surface area contributed by atoms with Gasteiger partial charge in [-0.3, -0.25) is 4.68 Å². The van der Waals surface area contributed by atoms with Crippen LogP contribution in [-0.2, 0) is 25.8 Å². The van der Waals surface area contributed by atoms with Crippen LogP contribution in [-0.4, -0.2) is 16.8 Å². The number of halogens is 1. The van der Waals surface area contributed by atoms with Gasteiger partial charge in [0, 0.05) is 19.4 Å². The minimum atomic E-state index is 0.160. The molecule has 2 aromatic heterocycles. The zero-order valence-corrected chi connectivity index (χ0v) is 14.8. The molecule has 116 valence electrons. The Hall–Kier alpha value is -1.07. The lowest BCUT2D eigenvalue weighted by Crippen LogP contribution is -2.20. The summed E-state index contributed by atoms with van der Waals surface area (Å²) >= 11 is 3.71. The highest BCUT2D eigenvalue weighted by Gasteiger charge is 2.20.